The van der Waals surface area contributed by atoms with Crippen LogP contribution in [0.1, 0.15) is 42.4 Å². The number of nitrogens with one attached hydrogen (secondary N) is 2. The van der Waals surface area contributed by atoms with Crippen LogP contribution >= 0.6 is 12.2 Å². The quantitative estimate of drug-likeness (QED) is 0.340. The lowest BCUT2D eigenvalue weighted by Crippen LogP contribution is -2.33. The van der Waals surface area contributed by atoms with Crippen molar-refractivity contribution >= 4 is 28.9 Å². The molecule has 4 aromatic rings. The molecule has 5 rings (SSSR count). The Kier molecular flexibility index (Phi) is 7.04. The first-order valence-electron chi connectivity index (χ1n) is 12.1. The number of hydrogen-bond donors (Lipinski definition) is 2. The number of pyridine rings is 2. The van der Waals surface area contributed by atoms with E-state index in [1.807, 2.05) is 66.9 Å². The summed E-state index contributed by atoms with van der Waals surface area (Å²) in [6.45, 7) is 2.56. The van der Waals surface area contributed by atoms with Gasteiger partial charge < -0.3 is 20.1 Å². The molecule has 1 fully saturated rings. The zero-order valence-electron chi connectivity index (χ0n) is 20.0. The van der Waals surface area contributed by atoms with E-state index in [9.17, 15) is 4.79 Å². The lowest BCUT2D eigenvalue weighted by Gasteiger charge is -2.28. The molecule has 1 aliphatic rings. The van der Waals surface area contributed by atoms with Gasteiger partial charge in [-0.15, -0.1) is 0 Å². The molecule has 1 amide bonds. The molecule has 1 aromatic carbocycles. The van der Waals surface area contributed by atoms with E-state index in [1.165, 1.54) is 0 Å². The molecule has 0 aliphatic carbocycles. The van der Waals surface area contributed by atoms with Crippen LogP contribution in [0.5, 0.6) is 0 Å². The normalized spacial score (nSPS) is 17.1. The Labute approximate surface area is 216 Å². The van der Waals surface area contributed by atoms with Crippen LogP contribution in [0, 0.1) is 0 Å². The number of para-hydroxylation sites is 1. The third-order valence-corrected chi connectivity index (χ3v) is 6.83. The number of nitrogens with zero attached hydrogens (tertiary/aromatic N) is 4. The molecule has 1 aliphatic heterocycles. The third-order valence-electron chi connectivity index (χ3n) is 6.47. The van der Waals surface area contributed by atoms with Crippen molar-refractivity contribution in [3.8, 4) is 5.69 Å². The van der Waals surface area contributed by atoms with E-state index in [0.717, 1.165) is 34.7 Å². The number of amides is 1. The summed E-state index contributed by atoms with van der Waals surface area (Å²) < 4.78 is 2.14. The second kappa shape index (κ2) is 10.7. The van der Waals surface area contributed by atoms with Gasteiger partial charge in [0.15, 0.2) is 5.11 Å². The van der Waals surface area contributed by atoms with Gasteiger partial charge in [0.2, 0.25) is 5.91 Å². The Morgan fingerprint density at radius 1 is 1.03 bits per heavy atom. The molecule has 0 spiro atoms. The predicted molar refractivity (Wildman–Crippen MR) is 145 cm³/mol. The van der Waals surface area contributed by atoms with E-state index in [-0.39, 0.29) is 18.0 Å². The van der Waals surface area contributed by atoms with Gasteiger partial charge >= 0.3 is 0 Å². The van der Waals surface area contributed by atoms with Gasteiger partial charge in [-0.1, -0.05) is 31.2 Å². The summed E-state index contributed by atoms with van der Waals surface area (Å²) in [6.07, 6.45) is 8.55. The van der Waals surface area contributed by atoms with Crippen LogP contribution < -0.4 is 10.6 Å². The van der Waals surface area contributed by atoms with Crippen LogP contribution in [-0.4, -0.2) is 37.0 Å². The molecule has 1 saturated heterocycles. The van der Waals surface area contributed by atoms with E-state index in [0.29, 0.717) is 18.1 Å². The van der Waals surface area contributed by atoms with Gasteiger partial charge in [0.1, 0.15) is 0 Å². The summed E-state index contributed by atoms with van der Waals surface area (Å²) >= 11 is 5.79. The fraction of sp³-hybridized carbons (Fsp3) is 0.214. The highest BCUT2D eigenvalue weighted by molar-refractivity contribution is 7.80. The van der Waals surface area contributed by atoms with Crippen molar-refractivity contribution in [3.63, 3.8) is 0 Å². The van der Waals surface area contributed by atoms with Crippen molar-refractivity contribution in [1.82, 2.24) is 24.8 Å². The van der Waals surface area contributed by atoms with Crippen molar-refractivity contribution < 1.29 is 4.79 Å². The van der Waals surface area contributed by atoms with Crippen molar-refractivity contribution in [2.45, 2.75) is 31.8 Å². The average Bonchev–Trinajstić information content (AvgIpc) is 3.53. The Bertz CT molecular complexity index is 1340. The summed E-state index contributed by atoms with van der Waals surface area (Å²) in [5, 5.41) is 7.15. The summed E-state index contributed by atoms with van der Waals surface area (Å²) in [7, 11) is 0. The van der Waals surface area contributed by atoms with Crippen LogP contribution in [0.25, 0.3) is 5.69 Å². The molecular formula is C28H28N6OS. The largest absolute Gasteiger partial charge is 0.352 e. The Morgan fingerprint density at radius 3 is 2.61 bits per heavy atom. The number of carbonyl (C=O) groups excluding carboxylic acids is 1. The smallest absolute Gasteiger partial charge is 0.226 e. The SMILES string of the molecule is CCc1ccccc1NC(=O)CCN1C(=S)N[C@H](c2ccccn2)[C@H]1c1cccn1-c1ccncc1. The second-order valence-electron chi connectivity index (χ2n) is 8.64. The molecule has 0 unspecified atom stereocenters. The summed E-state index contributed by atoms with van der Waals surface area (Å²) in [5.41, 5.74) is 4.95. The molecule has 36 heavy (non-hydrogen) atoms. The predicted octanol–water partition coefficient (Wildman–Crippen LogP) is 4.83. The van der Waals surface area contributed by atoms with Gasteiger partial charge in [0, 0.05) is 54.8 Å². The Balaban J connectivity index is 1.43. The highest BCUT2D eigenvalue weighted by atomic mass is 32.1. The van der Waals surface area contributed by atoms with Crippen molar-refractivity contribution in [2.24, 2.45) is 0 Å². The number of rotatable bonds is 8. The summed E-state index contributed by atoms with van der Waals surface area (Å²) in [4.78, 5) is 23.8. The number of benzene rings is 1. The molecule has 0 saturated carbocycles. The van der Waals surface area contributed by atoms with Crippen LogP contribution in [-0.2, 0) is 11.2 Å². The van der Waals surface area contributed by atoms with Crippen molar-refractivity contribution in [2.75, 3.05) is 11.9 Å². The summed E-state index contributed by atoms with van der Waals surface area (Å²) in [6, 6.07) is 21.6. The van der Waals surface area contributed by atoms with E-state index >= 15 is 0 Å². The van der Waals surface area contributed by atoms with Gasteiger partial charge in [-0.2, -0.15) is 0 Å². The fourth-order valence-corrected chi connectivity index (χ4v) is 5.06. The minimum absolute atomic E-state index is 0.0387. The Hall–Kier alpha value is -4.04. The molecule has 4 heterocycles. The zero-order chi connectivity index (χ0) is 24.9. The molecule has 7 nitrogen and oxygen atoms in total. The maximum Gasteiger partial charge on any atom is 0.226 e. The maximum atomic E-state index is 13.0. The number of anilines is 1. The fourth-order valence-electron chi connectivity index (χ4n) is 4.73. The second-order valence-corrected chi connectivity index (χ2v) is 9.02. The lowest BCUT2D eigenvalue weighted by atomic mass is 10.0. The van der Waals surface area contributed by atoms with Gasteiger partial charge in [-0.3, -0.25) is 14.8 Å². The lowest BCUT2D eigenvalue weighted by molar-refractivity contribution is -0.116. The minimum Gasteiger partial charge on any atom is -0.352 e. The topological polar surface area (TPSA) is 75.1 Å². The average molecular weight is 497 g/mol. The molecule has 0 radical (unpaired) electrons. The van der Waals surface area contributed by atoms with Crippen molar-refractivity contribution in [1.29, 1.82) is 0 Å². The summed E-state index contributed by atoms with van der Waals surface area (Å²) in [5.74, 6) is -0.0387. The molecule has 2 N–H and O–H groups in total. The standard InChI is InChI=1S/C28H28N6OS/c1-2-20-8-3-4-9-22(20)31-25(35)14-19-34-27(26(32-28(34)36)23-10-5-6-15-30-23)24-11-7-18-33(24)21-12-16-29-17-13-21/h3-13,15-18,26-27H,2,14,19H2,1H3,(H,31,35)(H,32,36)/t26-,27-/m1/s1. The Morgan fingerprint density at radius 2 is 1.83 bits per heavy atom. The first-order valence-corrected chi connectivity index (χ1v) is 12.5. The van der Waals surface area contributed by atoms with Crippen molar-refractivity contribution in [3.05, 3.63) is 108 Å². The molecule has 182 valence electrons. The maximum absolute atomic E-state index is 13.0. The number of carbonyl (C=O) groups is 1. The van der Waals surface area contributed by atoms with Crippen LogP contribution in [0.3, 0.4) is 0 Å². The minimum atomic E-state index is -0.155. The number of aryl methyl sites for hydroxylation is 1. The van der Waals surface area contributed by atoms with Crippen LogP contribution in [0.15, 0.2) is 91.5 Å². The van der Waals surface area contributed by atoms with Gasteiger partial charge in [0.05, 0.1) is 17.8 Å². The van der Waals surface area contributed by atoms with Gasteiger partial charge in [-0.05, 0) is 66.7 Å². The molecule has 2 atom stereocenters. The van der Waals surface area contributed by atoms with E-state index < -0.39 is 0 Å². The monoisotopic (exact) mass is 496 g/mol. The highest BCUT2D eigenvalue weighted by Gasteiger charge is 2.41. The first kappa shape index (κ1) is 23.7. The third kappa shape index (κ3) is 4.85. The zero-order valence-corrected chi connectivity index (χ0v) is 20.9. The highest BCUT2D eigenvalue weighted by Crippen LogP contribution is 2.39. The molecule has 0 bridgehead atoms. The molecule has 3 aromatic heterocycles. The molecular weight excluding hydrogens is 468 g/mol. The van der Waals surface area contributed by atoms with E-state index in [1.54, 1.807) is 18.6 Å². The van der Waals surface area contributed by atoms with Gasteiger partial charge in [0.25, 0.3) is 0 Å². The molecule has 8 heteroatoms. The van der Waals surface area contributed by atoms with E-state index in [4.69, 9.17) is 12.2 Å². The van der Waals surface area contributed by atoms with E-state index in [2.05, 4.69) is 43.1 Å². The number of hydrogen-bond acceptors (Lipinski definition) is 4. The first-order chi connectivity index (χ1) is 17.7. The van der Waals surface area contributed by atoms with Crippen LogP contribution in [0.2, 0.25) is 0 Å². The number of thiocarbonyl (C=S) groups is 1. The number of aromatic nitrogens is 3. The van der Waals surface area contributed by atoms with Crippen LogP contribution in [0.4, 0.5) is 5.69 Å². The van der Waals surface area contributed by atoms with Gasteiger partial charge in [-0.25, -0.2) is 0 Å².